The van der Waals surface area contributed by atoms with E-state index in [2.05, 4.69) is 0 Å². The van der Waals surface area contributed by atoms with E-state index in [-0.39, 0.29) is 23.1 Å². The first-order chi connectivity index (χ1) is 6.98. The lowest BCUT2D eigenvalue weighted by atomic mass is 9.67. The van der Waals surface area contributed by atoms with Crippen molar-refractivity contribution in [1.29, 1.82) is 0 Å². The molecule has 0 radical (unpaired) electrons. The van der Waals surface area contributed by atoms with Gasteiger partial charge in [-0.3, -0.25) is 9.59 Å². The Balaban J connectivity index is 2.60. The number of ether oxygens (including phenoxy) is 1. The summed E-state index contributed by atoms with van der Waals surface area (Å²) in [6.07, 6.45) is 2.91. The SMILES string of the molecule is CCOC(=O)CC1CCCC(=O)C1(C)C. The average molecular weight is 212 g/mol. The summed E-state index contributed by atoms with van der Waals surface area (Å²) in [7, 11) is 0. The number of esters is 1. The van der Waals surface area contributed by atoms with Crippen molar-refractivity contribution >= 4 is 11.8 Å². The minimum atomic E-state index is -0.356. The summed E-state index contributed by atoms with van der Waals surface area (Å²) in [5, 5.41) is 0. The molecule has 0 N–H and O–H groups in total. The van der Waals surface area contributed by atoms with Gasteiger partial charge in [0.1, 0.15) is 5.78 Å². The van der Waals surface area contributed by atoms with Crippen LogP contribution in [0.15, 0.2) is 0 Å². The van der Waals surface area contributed by atoms with Crippen LogP contribution in [0.5, 0.6) is 0 Å². The highest BCUT2D eigenvalue weighted by Gasteiger charge is 2.40. The number of Topliss-reactive ketones (excluding diaryl/α,β-unsaturated/α-hetero) is 1. The van der Waals surface area contributed by atoms with Crippen molar-refractivity contribution < 1.29 is 14.3 Å². The normalized spacial score (nSPS) is 25.0. The van der Waals surface area contributed by atoms with Gasteiger partial charge in [0.25, 0.3) is 0 Å². The van der Waals surface area contributed by atoms with Gasteiger partial charge in [0.05, 0.1) is 6.61 Å². The predicted molar refractivity (Wildman–Crippen MR) is 57.4 cm³/mol. The van der Waals surface area contributed by atoms with Gasteiger partial charge in [-0.25, -0.2) is 0 Å². The Labute approximate surface area is 91.2 Å². The quantitative estimate of drug-likeness (QED) is 0.674. The molecule has 1 saturated carbocycles. The molecule has 0 spiro atoms. The molecule has 1 unspecified atom stereocenters. The number of hydrogen-bond acceptors (Lipinski definition) is 3. The minimum Gasteiger partial charge on any atom is -0.466 e. The highest BCUT2D eigenvalue weighted by Crippen LogP contribution is 2.39. The summed E-state index contributed by atoms with van der Waals surface area (Å²) >= 11 is 0. The molecule has 1 aliphatic rings. The van der Waals surface area contributed by atoms with Gasteiger partial charge in [0.2, 0.25) is 0 Å². The molecule has 1 rings (SSSR count). The van der Waals surface area contributed by atoms with E-state index in [0.717, 1.165) is 12.8 Å². The highest BCUT2D eigenvalue weighted by molar-refractivity contribution is 5.85. The van der Waals surface area contributed by atoms with Gasteiger partial charge in [-0.05, 0) is 25.7 Å². The first-order valence-electron chi connectivity index (χ1n) is 5.67. The Kier molecular flexibility index (Phi) is 3.89. The van der Waals surface area contributed by atoms with Crippen LogP contribution in [0, 0.1) is 11.3 Å². The van der Waals surface area contributed by atoms with E-state index in [0.29, 0.717) is 19.4 Å². The molecule has 0 aromatic heterocycles. The van der Waals surface area contributed by atoms with Gasteiger partial charge in [-0.15, -0.1) is 0 Å². The van der Waals surface area contributed by atoms with E-state index in [1.54, 1.807) is 6.92 Å². The fourth-order valence-corrected chi connectivity index (χ4v) is 2.20. The minimum absolute atomic E-state index is 0.151. The predicted octanol–water partition coefficient (Wildman–Crippen LogP) is 2.33. The zero-order valence-electron chi connectivity index (χ0n) is 9.84. The Morgan fingerprint density at radius 2 is 2.20 bits per heavy atom. The van der Waals surface area contributed by atoms with Crippen LogP contribution in [-0.2, 0) is 14.3 Å². The van der Waals surface area contributed by atoms with E-state index in [9.17, 15) is 9.59 Å². The molecule has 15 heavy (non-hydrogen) atoms. The summed E-state index contributed by atoms with van der Waals surface area (Å²) < 4.78 is 4.92. The van der Waals surface area contributed by atoms with Crippen LogP contribution in [0.2, 0.25) is 0 Å². The van der Waals surface area contributed by atoms with Crippen LogP contribution in [0.25, 0.3) is 0 Å². The van der Waals surface area contributed by atoms with Crippen molar-refractivity contribution in [3.8, 4) is 0 Å². The molecule has 0 bridgehead atoms. The van der Waals surface area contributed by atoms with Crippen molar-refractivity contribution in [2.24, 2.45) is 11.3 Å². The third-order valence-corrected chi connectivity index (χ3v) is 3.41. The van der Waals surface area contributed by atoms with E-state index in [1.807, 2.05) is 13.8 Å². The molecule has 0 aromatic carbocycles. The Bertz CT molecular complexity index is 256. The average Bonchev–Trinajstić information content (AvgIpc) is 2.14. The van der Waals surface area contributed by atoms with Crippen molar-refractivity contribution in [2.75, 3.05) is 6.61 Å². The summed E-state index contributed by atoms with van der Waals surface area (Å²) in [5.74, 6) is 0.256. The maximum Gasteiger partial charge on any atom is 0.306 e. The molecule has 0 heterocycles. The maximum atomic E-state index is 11.7. The van der Waals surface area contributed by atoms with Crippen LogP contribution >= 0.6 is 0 Å². The summed E-state index contributed by atoms with van der Waals surface area (Å²) in [5.41, 5.74) is -0.356. The number of carbonyl (C=O) groups is 2. The number of rotatable bonds is 3. The smallest absolute Gasteiger partial charge is 0.306 e. The van der Waals surface area contributed by atoms with Crippen LogP contribution in [0.1, 0.15) is 46.5 Å². The van der Waals surface area contributed by atoms with Crippen molar-refractivity contribution in [3.05, 3.63) is 0 Å². The molecule has 3 nitrogen and oxygen atoms in total. The van der Waals surface area contributed by atoms with Crippen LogP contribution in [0.3, 0.4) is 0 Å². The fraction of sp³-hybridized carbons (Fsp3) is 0.833. The topological polar surface area (TPSA) is 43.4 Å². The van der Waals surface area contributed by atoms with E-state index < -0.39 is 0 Å². The monoisotopic (exact) mass is 212 g/mol. The molecule has 0 aromatic rings. The standard InChI is InChI=1S/C12H20O3/c1-4-15-11(14)8-9-6-5-7-10(13)12(9,2)3/h9H,4-8H2,1-3H3. The third-order valence-electron chi connectivity index (χ3n) is 3.41. The number of carbonyl (C=O) groups excluding carboxylic acids is 2. The summed E-state index contributed by atoms with van der Waals surface area (Å²) in [6, 6.07) is 0. The lowest BCUT2D eigenvalue weighted by molar-refractivity contribution is -0.147. The lowest BCUT2D eigenvalue weighted by Crippen LogP contribution is -2.38. The molecular weight excluding hydrogens is 192 g/mol. The zero-order valence-corrected chi connectivity index (χ0v) is 9.84. The Morgan fingerprint density at radius 1 is 1.53 bits per heavy atom. The van der Waals surface area contributed by atoms with E-state index >= 15 is 0 Å². The molecular formula is C12H20O3. The second-order valence-electron chi connectivity index (χ2n) is 4.74. The van der Waals surface area contributed by atoms with Crippen LogP contribution < -0.4 is 0 Å². The Hall–Kier alpha value is -0.860. The molecule has 0 amide bonds. The molecule has 1 atom stereocenters. The van der Waals surface area contributed by atoms with Gasteiger partial charge < -0.3 is 4.74 Å². The van der Waals surface area contributed by atoms with Crippen molar-refractivity contribution in [2.45, 2.75) is 46.5 Å². The third kappa shape index (κ3) is 2.80. The molecule has 3 heteroatoms. The zero-order chi connectivity index (χ0) is 11.5. The maximum absolute atomic E-state index is 11.7. The highest BCUT2D eigenvalue weighted by atomic mass is 16.5. The van der Waals surface area contributed by atoms with Crippen molar-refractivity contribution in [3.63, 3.8) is 0 Å². The first-order valence-corrected chi connectivity index (χ1v) is 5.67. The van der Waals surface area contributed by atoms with Gasteiger partial charge in [0.15, 0.2) is 0 Å². The van der Waals surface area contributed by atoms with Gasteiger partial charge in [-0.1, -0.05) is 13.8 Å². The molecule has 0 saturated heterocycles. The van der Waals surface area contributed by atoms with E-state index in [4.69, 9.17) is 4.74 Å². The number of hydrogen-bond donors (Lipinski definition) is 0. The number of ketones is 1. The van der Waals surface area contributed by atoms with Gasteiger partial charge in [0, 0.05) is 18.3 Å². The largest absolute Gasteiger partial charge is 0.466 e. The summed E-state index contributed by atoms with van der Waals surface area (Å²) in [6.45, 7) is 6.10. The van der Waals surface area contributed by atoms with Gasteiger partial charge in [-0.2, -0.15) is 0 Å². The Morgan fingerprint density at radius 3 is 2.80 bits per heavy atom. The second-order valence-corrected chi connectivity index (χ2v) is 4.74. The molecule has 0 aliphatic heterocycles. The molecule has 86 valence electrons. The van der Waals surface area contributed by atoms with Crippen molar-refractivity contribution in [1.82, 2.24) is 0 Å². The molecule has 1 aliphatic carbocycles. The lowest BCUT2D eigenvalue weighted by Gasteiger charge is -2.36. The summed E-state index contributed by atoms with van der Waals surface area (Å²) in [4.78, 5) is 23.1. The first kappa shape index (κ1) is 12.2. The van der Waals surface area contributed by atoms with E-state index in [1.165, 1.54) is 0 Å². The molecule has 1 fully saturated rings. The van der Waals surface area contributed by atoms with Gasteiger partial charge >= 0.3 is 5.97 Å². The van der Waals surface area contributed by atoms with Crippen LogP contribution in [-0.4, -0.2) is 18.4 Å². The fourth-order valence-electron chi connectivity index (χ4n) is 2.20. The second kappa shape index (κ2) is 4.77. The van der Waals surface area contributed by atoms with Crippen LogP contribution in [0.4, 0.5) is 0 Å².